The molecule has 0 bridgehead atoms. The molecule has 0 spiro atoms. The van der Waals surface area contributed by atoms with Gasteiger partial charge in [0.25, 0.3) is 5.91 Å². The van der Waals surface area contributed by atoms with Crippen LogP contribution in [0.3, 0.4) is 0 Å². The molecule has 1 aliphatic rings. The van der Waals surface area contributed by atoms with Crippen molar-refractivity contribution in [1.29, 1.82) is 0 Å². The number of nitrogens with zero attached hydrogens (tertiary/aromatic N) is 1. The lowest BCUT2D eigenvalue weighted by Gasteiger charge is -2.29. The minimum atomic E-state index is -0.237. The highest BCUT2D eigenvalue weighted by atomic mass is 16.5. The molecule has 1 heterocycles. The lowest BCUT2D eigenvalue weighted by Crippen LogP contribution is -2.39. The van der Waals surface area contributed by atoms with E-state index in [0.29, 0.717) is 18.2 Å². The average molecular weight is 266 g/mol. The summed E-state index contributed by atoms with van der Waals surface area (Å²) >= 11 is 0. The van der Waals surface area contributed by atoms with Crippen LogP contribution in [0.5, 0.6) is 0 Å². The first-order valence-corrected chi connectivity index (χ1v) is 7.00. The van der Waals surface area contributed by atoms with Gasteiger partial charge in [0, 0.05) is 23.9 Å². The zero-order chi connectivity index (χ0) is 13.9. The fraction of sp³-hybridized carbons (Fsp3) is 0.714. The first-order chi connectivity index (χ1) is 9.14. The number of carbonyl (C=O) groups is 1. The third kappa shape index (κ3) is 3.15. The lowest BCUT2D eigenvalue weighted by atomic mass is 9.83. The van der Waals surface area contributed by atoms with Crippen LogP contribution < -0.4 is 5.32 Å². The summed E-state index contributed by atoms with van der Waals surface area (Å²) in [5.41, 5.74) is 0.0968. The predicted octanol–water partition coefficient (Wildman–Crippen LogP) is 2.08. The normalized spacial score (nSPS) is 15.5. The Morgan fingerprint density at radius 2 is 2.21 bits per heavy atom. The van der Waals surface area contributed by atoms with Crippen LogP contribution in [0.15, 0.2) is 10.6 Å². The molecule has 2 rings (SSSR count). The molecule has 19 heavy (non-hydrogen) atoms. The SMILES string of the molecule is CCC(CC)(CO)CNC(=O)c1cc(C2CC2)on1. The van der Waals surface area contributed by atoms with E-state index in [1.807, 2.05) is 13.8 Å². The third-order valence-corrected chi connectivity index (χ3v) is 4.20. The molecule has 1 aliphatic carbocycles. The number of hydrogen-bond acceptors (Lipinski definition) is 4. The van der Waals surface area contributed by atoms with E-state index in [1.165, 1.54) is 0 Å². The van der Waals surface area contributed by atoms with Crippen LogP contribution in [0.25, 0.3) is 0 Å². The van der Waals surface area contributed by atoms with Gasteiger partial charge in [0.05, 0.1) is 6.61 Å². The standard InChI is InChI=1S/C14H22N2O3/c1-3-14(4-2,9-17)8-15-13(18)11-7-12(19-16-11)10-5-6-10/h7,10,17H,3-6,8-9H2,1-2H3,(H,15,18). The van der Waals surface area contributed by atoms with Crippen molar-refractivity contribution in [3.63, 3.8) is 0 Å². The number of amides is 1. The average Bonchev–Trinajstić information content (AvgIpc) is 3.18. The molecule has 5 nitrogen and oxygen atoms in total. The summed E-state index contributed by atoms with van der Waals surface area (Å²) in [7, 11) is 0. The van der Waals surface area contributed by atoms with Gasteiger partial charge in [0.1, 0.15) is 5.76 Å². The molecule has 2 N–H and O–H groups in total. The summed E-state index contributed by atoms with van der Waals surface area (Å²) in [4.78, 5) is 12.0. The number of hydrogen-bond donors (Lipinski definition) is 2. The molecule has 106 valence electrons. The maximum Gasteiger partial charge on any atom is 0.273 e. The van der Waals surface area contributed by atoms with Gasteiger partial charge >= 0.3 is 0 Å². The molecule has 5 heteroatoms. The Labute approximate surface area is 113 Å². The zero-order valence-corrected chi connectivity index (χ0v) is 11.6. The molecular weight excluding hydrogens is 244 g/mol. The van der Waals surface area contributed by atoms with Crippen molar-refractivity contribution >= 4 is 5.91 Å². The van der Waals surface area contributed by atoms with E-state index < -0.39 is 0 Å². The molecule has 1 aromatic heterocycles. The van der Waals surface area contributed by atoms with Crippen molar-refractivity contribution in [2.75, 3.05) is 13.2 Å². The lowest BCUT2D eigenvalue weighted by molar-refractivity contribution is 0.0843. The van der Waals surface area contributed by atoms with E-state index in [1.54, 1.807) is 6.07 Å². The van der Waals surface area contributed by atoms with E-state index in [4.69, 9.17) is 4.52 Å². The Balaban J connectivity index is 1.92. The van der Waals surface area contributed by atoms with Crippen LogP contribution in [-0.4, -0.2) is 29.3 Å². The molecule has 0 radical (unpaired) electrons. The van der Waals surface area contributed by atoms with Gasteiger partial charge in [-0.05, 0) is 25.7 Å². The zero-order valence-electron chi connectivity index (χ0n) is 11.6. The quantitative estimate of drug-likeness (QED) is 0.792. The Morgan fingerprint density at radius 1 is 1.53 bits per heavy atom. The van der Waals surface area contributed by atoms with Crippen molar-refractivity contribution in [1.82, 2.24) is 10.5 Å². The van der Waals surface area contributed by atoms with Crippen molar-refractivity contribution in [3.05, 3.63) is 17.5 Å². The molecule has 0 saturated heterocycles. The number of aromatic nitrogens is 1. The minimum absolute atomic E-state index is 0.0758. The second-order valence-electron chi connectivity index (χ2n) is 5.44. The molecule has 1 aromatic rings. The molecular formula is C14H22N2O3. The first kappa shape index (κ1) is 14.1. The third-order valence-electron chi connectivity index (χ3n) is 4.20. The highest BCUT2D eigenvalue weighted by molar-refractivity contribution is 5.92. The van der Waals surface area contributed by atoms with Gasteiger partial charge in [0.2, 0.25) is 0 Å². The summed E-state index contributed by atoms with van der Waals surface area (Å²) in [6.07, 6.45) is 3.89. The number of rotatable bonds is 7. The van der Waals surface area contributed by atoms with Crippen molar-refractivity contribution in [2.45, 2.75) is 45.4 Å². The fourth-order valence-electron chi connectivity index (χ4n) is 2.09. The van der Waals surface area contributed by atoms with E-state index in [0.717, 1.165) is 31.4 Å². The Hall–Kier alpha value is -1.36. The smallest absolute Gasteiger partial charge is 0.273 e. The maximum atomic E-state index is 12.0. The van der Waals surface area contributed by atoms with E-state index >= 15 is 0 Å². The number of aliphatic hydroxyl groups excluding tert-OH is 1. The van der Waals surface area contributed by atoms with Crippen molar-refractivity contribution in [3.8, 4) is 0 Å². The maximum absolute atomic E-state index is 12.0. The van der Waals surface area contributed by atoms with Crippen molar-refractivity contribution in [2.24, 2.45) is 5.41 Å². The molecule has 0 aromatic carbocycles. The van der Waals surface area contributed by atoms with Crippen molar-refractivity contribution < 1.29 is 14.4 Å². The van der Waals surface area contributed by atoms with Gasteiger partial charge in [-0.1, -0.05) is 19.0 Å². The fourth-order valence-corrected chi connectivity index (χ4v) is 2.09. The van der Waals surface area contributed by atoms with Gasteiger partial charge in [-0.25, -0.2) is 0 Å². The summed E-state index contributed by atoms with van der Waals surface area (Å²) in [6.45, 7) is 4.58. The van der Waals surface area contributed by atoms with E-state index in [2.05, 4.69) is 10.5 Å². The molecule has 0 atom stereocenters. The predicted molar refractivity (Wildman–Crippen MR) is 70.9 cm³/mol. The summed E-state index contributed by atoms with van der Waals surface area (Å²) in [5, 5.41) is 16.1. The molecule has 0 aliphatic heterocycles. The summed E-state index contributed by atoms with van der Waals surface area (Å²) in [6, 6.07) is 1.73. The second-order valence-corrected chi connectivity index (χ2v) is 5.44. The van der Waals surface area contributed by atoms with Crippen LogP contribution in [0.4, 0.5) is 0 Å². The van der Waals surface area contributed by atoms with E-state index in [9.17, 15) is 9.90 Å². The first-order valence-electron chi connectivity index (χ1n) is 7.00. The van der Waals surface area contributed by atoms with E-state index in [-0.39, 0.29) is 17.9 Å². The van der Waals surface area contributed by atoms with Crippen LogP contribution in [-0.2, 0) is 0 Å². The van der Waals surface area contributed by atoms with Gasteiger partial charge in [-0.2, -0.15) is 0 Å². The Kier molecular flexibility index (Phi) is 4.24. The summed E-state index contributed by atoms with van der Waals surface area (Å²) in [5.74, 6) is 1.04. The number of nitrogens with one attached hydrogen (secondary N) is 1. The van der Waals surface area contributed by atoms with Gasteiger partial charge < -0.3 is 14.9 Å². The van der Waals surface area contributed by atoms with Crippen LogP contribution in [0.1, 0.15) is 61.7 Å². The minimum Gasteiger partial charge on any atom is -0.396 e. The molecule has 1 amide bonds. The Morgan fingerprint density at radius 3 is 2.74 bits per heavy atom. The van der Waals surface area contributed by atoms with Crippen LogP contribution in [0.2, 0.25) is 0 Å². The molecule has 0 unspecified atom stereocenters. The molecule has 1 fully saturated rings. The van der Waals surface area contributed by atoms with Gasteiger partial charge in [0.15, 0.2) is 5.69 Å². The monoisotopic (exact) mass is 266 g/mol. The van der Waals surface area contributed by atoms with Crippen LogP contribution >= 0.6 is 0 Å². The number of aliphatic hydroxyl groups is 1. The van der Waals surface area contributed by atoms with Gasteiger partial charge in [-0.15, -0.1) is 0 Å². The van der Waals surface area contributed by atoms with Gasteiger partial charge in [-0.3, -0.25) is 4.79 Å². The largest absolute Gasteiger partial charge is 0.396 e. The number of carbonyl (C=O) groups excluding carboxylic acids is 1. The van der Waals surface area contributed by atoms with Crippen LogP contribution in [0, 0.1) is 5.41 Å². The second kappa shape index (κ2) is 5.74. The highest BCUT2D eigenvalue weighted by Gasteiger charge is 2.30. The Bertz CT molecular complexity index is 425. The topological polar surface area (TPSA) is 75.4 Å². The summed E-state index contributed by atoms with van der Waals surface area (Å²) < 4.78 is 5.16. The highest BCUT2D eigenvalue weighted by Crippen LogP contribution is 2.40. The molecule has 1 saturated carbocycles.